The first-order chi connectivity index (χ1) is 16.5. The molecule has 3 N–H and O–H groups in total. The Labute approximate surface area is 203 Å². The van der Waals surface area contributed by atoms with E-state index in [1.165, 1.54) is 36.9 Å². The number of benzene rings is 1. The summed E-state index contributed by atoms with van der Waals surface area (Å²) in [7, 11) is 7.25. The molecule has 2 aliphatic rings. The molecule has 186 valence electrons. The van der Waals surface area contributed by atoms with Gasteiger partial charge in [-0.3, -0.25) is 0 Å². The number of aromatic nitrogens is 2. The van der Waals surface area contributed by atoms with Crippen molar-refractivity contribution in [2.24, 2.45) is 5.92 Å². The van der Waals surface area contributed by atoms with Crippen LogP contribution in [0.3, 0.4) is 0 Å². The lowest BCUT2D eigenvalue weighted by Crippen LogP contribution is -2.32. The van der Waals surface area contributed by atoms with E-state index < -0.39 is 0 Å². The van der Waals surface area contributed by atoms with Crippen molar-refractivity contribution in [3.05, 3.63) is 29.0 Å². The number of anilines is 2. The molecule has 8 heteroatoms. The van der Waals surface area contributed by atoms with Crippen LogP contribution in [-0.2, 0) is 19.4 Å². The second kappa shape index (κ2) is 11.1. The number of phenolic OH excluding ortho intramolecular Hbond substituents is 1. The van der Waals surface area contributed by atoms with Crippen LogP contribution in [0.4, 0.5) is 11.8 Å². The first kappa shape index (κ1) is 24.4. The van der Waals surface area contributed by atoms with Gasteiger partial charge in [-0.2, -0.15) is 4.98 Å². The van der Waals surface area contributed by atoms with Crippen molar-refractivity contribution in [3.63, 3.8) is 0 Å². The Morgan fingerprint density at radius 1 is 1.00 bits per heavy atom. The highest BCUT2D eigenvalue weighted by atomic mass is 16.5. The number of nitrogens with zero attached hydrogens (tertiary/aromatic N) is 3. The maximum Gasteiger partial charge on any atom is 0.225 e. The summed E-state index contributed by atoms with van der Waals surface area (Å²) in [4.78, 5) is 11.9. The first-order valence-electron chi connectivity index (χ1n) is 12.5. The SMILES string of the molecule is COc1cc(CNC[C@H]2CC[C@@H](Nc3nc4c(c(N(C)C)n3)CCCC4)CC2)cc(OC)c1O. The molecule has 1 fully saturated rings. The van der Waals surface area contributed by atoms with E-state index in [4.69, 9.17) is 19.4 Å². The average molecular weight is 470 g/mol. The Morgan fingerprint density at radius 2 is 1.68 bits per heavy atom. The molecule has 1 aromatic carbocycles. The van der Waals surface area contributed by atoms with Crippen LogP contribution in [0.2, 0.25) is 0 Å². The Morgan fingerprint density at radius 3 is 2.32 bits per heavy atom. The third-order valence-corrected chi connectivity index (χ3v) is 7.07. The van der Waals surface area contributed by atoms with Crippen LogP contribution in [0.15, 0.2) is 12.1 Å². The fourth-order valence-corrected chi connectivity index (χ4v) is 5.17. The largest absolute Gasteiger partial charge is 0.502 e. The van der Waals surface area contributed by atoms with Crippen molar-refractivity contribution in [3.8, 4) is 17.2 Å². The molecule has 0 saturated heterocycles. The second-order valence-electron chi connectivity index (χ2n) is 9.74. The van der Waals surface area contributed by atoms with Gasteiger partial charge in [0.25, 0.3) is 0 Å². The summed E-state index contributed by atoms with van der Waals surface area (Å²) in [5.41, 5.74) is 3.59. The Kier molecular flexibility index (Phi) is 7.98. The number of aromatic hydroxyl groups is 1. The summed E-state index contributed by atoms with van der Waals surface area (Å²) in [6.07, 6.45) is 9.22. The van der Waals surface area contributed by atoms with Crippen LogP contribution in [0.5, 0.6) is 17.2 Å². The molecule has 0 aliphatic heterocycles. The van der Waals surface area contributed by atoms with Gasteiger partial charge in [0.05, 0.1) is 19.9 Å². The normalized spacial score (nSPS) is 19.9. The lowest BCUT2D eigenvalue weighted by atomic mass is 9.86. The van der Waals surface area contributed by atoms with Gasteiger partial charge >= 0.3 is 0 Å². The quantitative estimate of drug-likeness (QED) is 0.509. The number of phenols is 1. The highest BCUT2D eigenvalue weighted by molar-refractivity contribution is 5.53. The highest BCUT2D eigenvalue weighted by Crippen LogP contribution is 2.37. The van der Waals surface area contributed by atoms with Gasteiger partial charge in [-0.05, 0) is 81.5 Å². The van der Waals surface area contributed by atoms with Crippen molar-refractivity contribution < 1.29 is 14.6 Å². The summed E-state index contributed by atoms with van der Waals surface area (Å²) < 4.78 is 10.5. The second-order valence-corrected chi connectivity index (χ2v) is 9.74. The zero-order valence-electron chi connectivity index (χ0n) is 21.0. The van der Waals surface area contributed by atoms with Crippen LogP contribution in [0.25, 0.3) is 0 Å². The van der Waals surface area contributed by atoms with Gasteiger partial charge in [-0.1, -0.05) is 0 Å². The van der Waals surface area contributed by atoms with Crippen molar-refractivity contribution in [2.45, 2.75) is 64.0 Å². The van der Waals surface area contributed by atoms with Crippen LogP contribution < -0.4 is 25.0 Å². The fraction of sp³-hybridized carbons (Fsp3) is 0.615. The summed E-state index contributed by atoms with van der Waals surface area (Å²) in [5.74, 6) is 3.43. The number of ether oxygens (including phenoxy) is 2. The predicted molar refractivity (Wildman–Crippen MR) is 135 cm³/mol. The molecule has 1 heterocycles. The molecule has 0 unspecified atom stereocenters. The smallest absolute Gasteiger partial charge is 0.225 e. The highest BCUT2D eigenvalue weighted by Gasteiger charge is 2.24. The molecular formula is C26H39N5O3. The van der Waals surface area contributed by atoms with E-state index >= 15 is 0 Å². The van der Waals surface area contributed by atoms with Gasteiger partial charge in [-0.25, -0.2) is 4.98 Å². The van der Waals surface area contributed by atoms with Crippen LogP contribution in [-0.4, -0.2) is 56.0 Å². The minimum absolute atomic E-state index is 0.0418. The molecule has 0 radical (unpaired) electrons. The molecule has 8 nitrogen and oxygen atoms in total. The van der Waals surface area contributed by atoms with Gasteiger partial charge in [0.15, 0.2) is 11.5 Å². The van der Waals surface area contributed by atoms with E-state index in [0.717, 1.165) is 49.6 Å². The maximum absolute atomic E-state index is 10.1. The predicted octanol–water partition coefficient (Wildman–Crippen LogP) is 3.90. The van der Waals surface area contributed by atoms with Gasteiger partial charge in [0.2, 0.25) is 11.7 Å². The number of rotatable bonds is 9. The monoisotopic (exact) mass is 469 g/mol. The van der Waals surface area contributed by atoms with Crippen molar-refractivity contribution >= 4 is 11.8 Å². The minimum atomic E-state index is 0.0418. The number of fused-ring (bicyclic) bond motifs is 1. The average Bonchev–Trinajstić information content (AvgIpc) is 2.85. The molecule has 34 heavy (non-hydrogen) atoms. The molecule has 0 amide bonds. The summed E-state index contributed by atoms with van der Waals surface area (Å²) in [5, 5.41) is 17.3. The van der Waals surface area contributed by atoms with Crippen LogP contribution in [0, 0.1) is 5.92 Å². The van der Waals surface area contributed by atoms with E-state index in [-0.39, 0.29) is 5.75 Å². The molecule has 4 rings (SSSR count). The molecule has 2 aromatic rings. The lowest BCUT2D eigenvalue weighted by molar-refractivity contribution is 0.322. The topological polar surface area (TPSA) is 91.8 Å². The molecule has 1 saturated carbocycles. The zero-order valence-corrected chi connectivity index (χ0v) is 21.0. The van der Waals surface area contributed by atoms with Crippen LogP contribution >= 0.6 is 0 Å². The van der Waals surface area contributed by atoms with Crippen molar-refractivity contribution in [1.29, 1.82) is 0 Å². The zero-order chi connectivity index (χ0) is 24.1. The molecule has 0 spiro atoms. The summed E-state index contributed by atoms with van der Waals surface area (Å²) in [6, 6.07) is 4.14. The number of hydrogen-bond acceptors (Lipinski definition) is 8. The van der Waals surface area contributed by atoms with Gasteiger partial charge < -0.3 is 30.1 Å². The van der Waals surface area contributed by atoms with Crippen molar-refractivity contribution in [1.82, 2.24) is 15.3 Å². The summed E-state index contributed by atoms with van der Waals surface area (Å²) in [6.45, 7) is 1.68. The Balaban J connectivity index is 1.27. The standard InChI is InChI=1S/C26H39N5O3/c1-31(2)25-20-7-5-6-8-21(20)29-26(30-25)28-19-11-9-17(10-12-19)15-27-16-18-13-22(33-3)24(32)23(14-18)34-4/h13-14,17,19,27,32H,5-12,15-16H2,1-4H3,(H,28,29,30)/t17-,19+. The lowest BCUT2D eigenvalue weighted by Gasteiger charge is -2.30. The number of methoxy groups -OCH3 is 2. The van der Waals surface area contributed by atoms with E-state index in [2.05, 4.69) is 29.6 Å². The van der Waals surface area contributed by atoms with E-state index in [1.54, 1.807) is 14.2 Å². The number of nitrogens with one attached hydrogen (secondary N) is 2. The first-order valence-corrected chi connectivity index (χ1v) is 12.5. The van der Waals surface area contributed by atoms with Gasteiger partial charge in [0, 0.05) is 32.2 Å². The Hall–Kier alpha value is -2.74. The maximum atomic E-state index is 10.1. The molecule has 2 aliphatic carbocycles. The molecule has 0 atom stereocenters. The third kappa shape index (κ3) is 5.66. The van der Waals surface area contributed by atoms with Crippen LogP contribution in [0.1, 0.15) is 55.3 Å². The molecular weight excluding hydrogens is 430 g/mol. The van der Waals surface area contributed by atoms with Gasteiger partial charge in [-0.15, -0.1) is 0 Å². The number of hydrogen-bond donors (Lipinski definition) is 3. The van der Waals surface area contributed by atoms with E-state index in [1.807, 2.05) is 12.1 Å². The summed E-state index contributed by atoms with van der Waals surface area (Å²) >= 11 is 0. The molecule has 1 aromatic heterocycles. The Bertz CT molecular complexity index is 948. The van der Waals surface area contributed by atoms with E-state index in [0.29, 0.717) is 30.0 Å². The van der Waals surface area contributed by atoms with Crippen molar-refractivity contribution in [2.75, 3.05) is 45.1 Å². The van der Waals surface area contributed by atoms with Gasteiger partial charge in [0.1, 0.15) is 5.82 Å². The minimum Gasteiger partial charge on any atom is -0.502 e. The third-order valence-electron chi connectivity index (χ3n) is 7.07. The van der Waals surface area contributed by atoms with E-state index in [9.17, 15) is 5.11 Å². The fourth-order valence-electron chi connectivity index (χ4n) is 5.17. The molecule has 0 bridgehead atoms. The number of aryl methyl sites for hydroxylation is 1.